The van der Waals surface area contributed by atoms with E-state index in [1.807, 2.05) is 26.0 Å². The normalized spacial score (nSPS) is 10.2. The predicted molar refractivity (Wildman–Crippen MR) is 83.8 cm³/mol. The number of aryl methyl sites for hydroxylation is 2. The zero-order chi connectivity index (χ0) is 15.6. The quantitative estimate of drug-likeness (QED) is 0.913. The number of carbonyl (C=O) groups is 2. The maximum absolute atomic E-state index is 12.3. The highest BCUT2D eigenvalue weighted by atomic mass is 35.5. The molecule has 2 aromatic rings. The van der Waals surface area contributed by atoms with Gasteiger partial charge in [0, 0.05) is 10.7 Å². The van der Waals surface area contributed by atoms with Crippen molar-refractivity contribution in [1.29, 1.82) is 0 Å². The van der Waals surface area contributed by atoms with Gasteiger partial charge in [0.1, 0.15) is 0 Å². The summed E-state index contributed by atoms with van der Waals surface area (Å²) in [5.74, 6) is -1.09. The minimum absolute atomic E-state index is 0.101. The molecule has 2 aromatic carbocycles. The van der Waals surface area contributed by atoms with E-state index in [0.29, 0.717) is 10.7 Å². The summed E-state index contributed by atoms with van der Waals surface area (Å²) >= 11 is 5.82. The van der Waals surface area contributed by atoms with Crippen molar-refractivity contribution in [1.82, 2.24) is 0 Å². The number of anilines is 1. The molecule has 0 spiro atoms. The van der Waals surface area contributed by atoms with Crippen LogP contribution in [0.1, 0.15) is 31.8 Å². The largest absolute Gasteiger partial charge is 0.366 e. The van der Waals surface area contributed by atoms with Crippen LogP contribution in [0.5, 0.6) is 0 Å². The van der Waals surface area contributed by atoms with Crippen molar-refractivity contribution in [2.75, 3.05) is 5.32 Å². The highest BCUT2D eigenvalue weighted by molar-refractivity contribution is 6.31. The average molecular weight is 303 g/mol. The van der Waals surface area contributed by atoms with Crippen molar-refractivity contribution >= 4 is 29.1 Å². The van der Waals surface area contributed by atoms with Gasteiger partial charge < -0.3 is 11.1 Å². The molecule has 0 fully saturated rings. The molecule has 108 valence electrons. The molecule has 4 nitrogen and oxygen atoms in total. The molecule has 0 aliphatic rings. The molecule has 0 heterocycles. The summed E-state index contributed by atoms with van der Waals surface area (Å²) in [6.07, 6.45) is 0. The SMILES string of the molecule is Cc1ccc(NC(=O)c2ccc(Cl)cc2C(N)=O)cc1C. The second-order valence-corrected chi connectivity index (χ2v) is 5.24. The minimum Gasteiger partial charge on any atom is -0.366 e. The number of benzene rings is 2. The lowest BCUT2D eigenvalue weighted by Gasteiger charge is -2.10. The molecule has 5 heteroatoms. The average Bonchev–Trinajstić information content (AvgIpc) is 2.42. The molecule has 3 N–H and O–H groups in total. The lowest BCUT2D eigenvalue weighted by molar-refractivity contribution is 0.0977. The number of hydrogen-bond acceptors (Lipinski definition) is 2. The molecule has 0 aromatic heterocycles. The van der Waals surface area contributed by atoms with Gasteiger partial charge in [0.15, 0.2) is 0 Å². The molecule has 0 saturated heterocycles. The Balaban J connectivity index is 2.32. The molecule has 2 rings (SSSR count). The Kier molecular flexibility index (Phi) is 4.29. The van der Waals surface area contributed by atoms with Gasteiger partial charge in [0.05, 0.1) is 11.1 Å². The van der Waals surface area contributed by atoms with E-state index >= 15 is 0 Å². The fourth-order valence-electron chi connectivity index (χ4n) is 1.94. The van der Waals surface area contributed by atoms with Crippen LogP contribution in [0.25, 0.3) is 0 Å². The van der Waals surface area contributed by atoms with Crippen LogP contribution >= 0.6 is 11.6 Å². The van der Waals surface area contributed by atoms with Crippen LogP contribution in [-0.2, 0) is 0 Å². The molecular formula is C16H15ClN2O2. The van der Waals surface area contributed by atoms with Gasteiger partial charge in [-0.25, -0.2) is 0 Å². The minimum atomic E-state index is -0.692. The van der Waals surface area contributed by atoms with Gasteiger partial charge in [0.25, 0.3) is 5.91 Å². The number of amides is 2. The van der Waals surface area contributed by atoms with E-state index in [9.17, 15) is 9.59 Å². The van der Waals surface area contributed by atoms with Crippen LogP contribution in [0.15, 0.2) is 36.4 Å². The molecule has 0 radical (unpaired) electrons. The first-order valence-electron chi connectivity index (χ1n) is 6.36. The Morgan fingerprint density at radius 3 is 2.33 bits per heavy atom. The highest BCUT2D eigenvalue weighted by Crippen LogP contribution is 2.19. The molecule has 0 bridgehead atoms. The van der Waals surface area contributed by atoms with Crippen molar-refractivity contribution in [2.24, 2.45) is 5.73 Å². The lowest BCUT2D eigenvalue weighted by Crippen LogP contribution is -2.20. The van der Waals surface area contributed by atoms with E-state index in [-0.39, 0.29) is 11.1 Å². The Bertz CT molecular complexity index is 726. The zero-order valence-electron chi connectivity index (χ0n) is 11.7. The van der Waals surface area contributed by atoms with Gasteiger partial charge in [-0.1, -0.05) is 17.7 Å². The van der Waals surface area contributed by atoms with Crippen molar-refractivity contribution in [2.45, 2.75) is 13.8 Å². The first kappa shape index (κ1) is 15.1. The Labute approximate surface area is 127 Å². The summed E-state index contributed by atoms with van der Waals surface area (Å²) in [7, 11) is 0. The Hall–Kier alpha value is -2.33. The third kappa shape index (κ3) is 3.41. The van der Waals surface area contributed by atoms with Crippen molar-refractivity contribution in [3.05, 3.63) is 63.7 Å². The first-order chi connectivity index (χ1) is 9.88. The molecule has 0 aliphatic carbocycles. The number of hydrogen-bond donors (Lipinski definition) is 2. The molecule has 0 atom stereocenters. The van der Waals surface area contributed by atoms with Crippen LogP contribution in [0.4, 0.5) is 5.69 Å². The number of carbonyl (C=O) groups excluding carboxylic acids is 2. The molecular weight excluding hydrogens is 288 g/mol. The Morgan fingerprint density at radius 2 is 1.71 bits per heavy atom. The standard InChI is InChI=1S/C16H15ClN2O2/c1-9-3-5-12(7-10(9)2)19-16(21)13-6-4-11(17)8-14(13)15(18)20/h3-8H,1-2H3,(H2,18,20)(H,19,21). The van der Waals surface area contributed by atoms with Crippen LogP contribution in [-0.4, -0.2) is 11.8 Å². The zero-order valence-corrected chi connectivity index (χ0v) is 12.5. The van der Waals surface area contributed by atoms with Crippen molar-refractivity contribution in [3.63, 3.8) is 0 Å². The summed E-state index contributed by atoms with van der Waals surface area (Å²) < 4.78 is 0. The Morgan fingerprint density at radius 1 is 1.00 bits per heavy atom. The van der Waals surface area contributed by atoms with E-state index < -0.39 is 11.8 Å². The number of halogens is 1. The fraction of sp³-hybridized carbons (Fsp3) is 0.125. The molecule has 2 amide bonds. The van der Waals surface area contributed by atoms with E-state index in [1.54, 1.807) is 12.1 Å². The van der Waals surface area contributed by atoms with E-state index in [4.69, 9.17) is 17.3 Å². The second-order valence-electron chi connectivity index (χ2n) is 4.81. The van der Waals surface area contributed by atoms with E-state index in [1.165, 1.54) is 12.1 Å². The van der Waals surface area contributed by atoms with Crippen LogP contribution in [0.3, 0.4) is 0 Å². The van der Waals surface area contributed by atoms with Crippen LogP contribution in [0.2, 0.25) is 5.02 Å². The molecule has 21 heavy (non-hydrogen) atoms. The summed E-state index contributed by atoms with van der Waals surface area (Å²) in [5, 5.41) is 3.10. The van der Waals surface area contributed by atoms with Crippen molar-refractivity contribution < 1.29 is 9.59 Å². The van der Waals surface area contributed by atoms with Crippen molar-refractivity contribution in [3.8, 4) is 0 Å². The smallest absolute Gasteiger partial charge is 0.256 e. The monoisotopic (exact) mass is 302 g/mol. The fourth-order valence-corrected chi connectivity index (χ4v) is 2.11. The topological polar surface area (TPSA) is 72.2 Å². The second kappa shape index (κ2) is 5.97. The number of nitrogens with one attached hydrogen (secondary N) is 1. The maximum Gasteiger partial charge on any atom is 0.256 e. The summed E-state index contributed by atoms with van der Waals surface area (Å²) in [6.45, 7) is 3.95. The number of rotatable bonds is 3. The van der Waals surface area contributed by atoms with Gasteiger partial charge >= 0.3 is 0 Å². The summed E-state index contributed by atoms with van der Waals surface area (Å²) in [4.78, 5) is 23.7. The summed E-state index contributed by atoms with van der Waals surface area (Å²) in [5.41, 5.74) is 8.45. The molecule has 0 aliphatic heterocycles. The third-order valence-electron chi connectivity index (χ3n) is 3.26. The van der Waals surface area contributed by atoms with Gasteiger partial charge in [-0.2, -0.15) is 0 Å². The van der Waals surface area contributed by atoms with Gasteiger partial charge in [-0.15, -0.1) is 0 Å². The first-order valence-corrected chi connectivity index (χ1v) is 6.74. The maximum atomic E-state index is 12.3. The molecule has 0 saturated carbocycles. The van der Waals surface area contributed by atoms with Gasteiger partial charge in [0.2, 0.25) is 5.91 Å². The van der Waals surface area contributed by atoms with Crippen LogP contribution in [0, 0.1) is 13.8 Å². The predicted octanol–water partition coefficient (Wildman–Crippen LogP) is 3.31. The lowest BCUT2D eigenvalue weighted by atomic mass is 10.1. The number of primary amides is 1. The van der Waals surface area contributed by atoms with Gasteiger partial charge in [-0.05, 0) is 55.3 Å². The van der Waals surface area contributed by atoms with E-state index in [2.05, 4.69) is 5.32 Å². The number of nitrogens with two attached hydrogens (primary N) is 1. The van der Waals surface area contributed by atoms with Crippen LogP contribution < -0.4 is 11.1 Å². The highest BCUT2D eigenvalue weighted by Gasteiger charge is 2.16. The summed E-state index contributed by atoms with van der Waals surface area (Å²) in [6, 6.07) is 10.0. The third-order valence-corrected chi connectivity index (χ3v) is 3.49. The van der Waals surface area contributed by atoms with Gasteiger partial charge in [-0.3, -0.25) is 9.59 Å². The van der Waals surface area contributed by atoms with E-state index in [0.717, 1.165) is 11.1 Å². The molecule has 0 unspecified atom stereocenters.